The Labute approximate surface area is 114 Å². The van der Waals surface area contributed by atoms with E-state index in [9.17, 15) is 13.6 Å². The fraction of sp³-hybridized carbons (Fsp3) is 0.214. The summed E-state index contributed by atoms with van der Waals surface area (Å²) in [6, 6.07) is 4.40. The molecule has 0 saturated carbocycles. The number of hydrogen-bond acceptors (Lipinski definition) is 3. The van der Waals surface area contributed by atoms with Crippen molar-refractivity contribution in [3.05, 3.63) is 59.1 Å². The molecule has 0 spiro atoms. The largest absolute Gasteiger partial charge is 0.478 e. The van der Waals surface area contributed by atoms with Gasteiger partial charge in [0.2, 0.25) is 0 Å². The summed E-state index contributed by atoms with van der Waals surface area (Å²) in [5, 5.41) is 11.7. The van der Waals surface area contributed by atoms with Crippen LogP contribution in [0.5, 0.6) is 0 Å². The molecular formula is C14H13F2NO3. The summed E-state index contributed by atoms with van der Waals surface area (Å²) in [5.74, 6) is -1.90. The number of rotatable bonds is 5. The predicted molar refractivity (Wildman–Crippen MR) is 67.3 cm³/mol. The summed E-state index contributed by atoms with van der Waals surface area (Å²) in [5.41, 5.74) is 0.388. The Morgan fingerprint density at radius 3 is 2.75 bits per heavy atom. The third-order valence-corrected chi connectivity index (χ3v) is 2.91. The number of carboxylic acid groups (broad SMARTS) is 1. The Morgan fingerprint density at radius 1 is 1.40 bits per heavy atom. The van der Waals surface area contributed by atoms with Crippen molar-refractivity contribution in [3.63, 3.8) is 0 Å². The second-order valence-corrected chi connectivity index (χ2v) is 4.38. The molecule has 0 aliphatic carbocycles. The van der Waals surface area contributed by atoms with Crippen LogP contribution in [0.4, 0.5) is 8.78 Å². The average Bonchev–Trinajstić information content (AvgIpc) is 2.85. The molecule has 0 aliphatic rings. The van der Waals surface area contributed by atoms with Gasteiger partial charge < -0.3 is 14.8 Å². The quantitative estimate of drug-likeness (QED) is 0.884. The smallest absolute Gasteiger partial charge is 0.338 e. The van der Waals surface area contributed by atoms with Gasteiger partial charge in [-0.3, -0.25) is 0 Å². The number of carbonyl (C=O) groups is 1. The fourth-order valence-corrected chi connectivity index (χ4v) is 1.80. The van der Waals surface area contributed by atoms with E-state index in [0.29, 0.717) is 11.3 Å². The maximum absolute atomic E-state index is 13.6. The number of furan rings is 1. The van der Waals surface area contributed by atoms with Crippen LogP contribution in [0.2, 0.25) is 0 Å². The van der Waals surface area contributed by atoms with Crippen LogP contribution in [0.15, 0.2) is 34.9 Å². The first-order valence-electron chi connectivity index (χ1n) is 5.96. The van der Waals surface area contributed by atoms with Crippen LogP contribution in [-0.4, -0.2) is 11.1 Å². The van der Waals surface area contributed by atoms with E-state index < -0.39 is 17.6 Å². The van der Waals surface area contributed by atoms with Crippen LogP contribution in [-0.2, 0) is 6.54 Å². The summed E-state index contributed by atoms with van der Waals surface area (Å²) in [4.78, 5) is 10.7. The monoisotopic (exact) mass is 281 g/mol. The van der Waals surface area contributed by atoms with Gasteiger partial charge >= 0.3 is 5.97 Å². The van der Waals surface area contributed by atoms with Crippen molar-refractivity contribution in [2.75, 3.05) is 0 Å². The lowest BCUT2D eigenvalue weighted by molar-refractivity contribution is 0.0696. The van der Waals surface area contributed by atoms with E-state index in [2.05, 4.69) is 5.32 Å². The molecule has 0 bridgehead atoms. The molecule has 2 N–H and O–H groups in total. The van der Waals surface area contributed by atoms with Crippen molar-refractivity contribution in [2.24, 2.45) is 0 Å². The standard InChI is InChI=1S/C14H13F2NO3/c1-8(12-3-2-10(15)5-13(12)16)17-6-11-4-9(7-20-11)14(18)19/h2-5,7-8,17H,6H2,1H3,(H,18,19). The van der Waals surface area contributed by atoms with Crippen LogP contribution in [0.3, 0.4) is 0 Å². The van der Waals surface area contributed by atoms with E-state index in [4.69, 9.17) is 9.52 Å². The van der Waals surface area contributed by atoms with Gasteiger partial charge in [-0.15, -0.1) is 0 Å². The molecule has 1 atom stereocenters. The van der Waals surface area contributed by atoms with Crippen LogP contribution in [0, 0.1) is 11.6 Å². The molecule has 2 aromatic rings. The molecule has 2 rings (SSSR count). The Hall–Kier alpha value is -2.21. The van der Waals surface area contributed by atoms with Gasteiger partial charge in [0.25, 0.3) is 0 Å². The Morgan fingerprint density at radius 2 is 2.15 bits per heavy atom. The van der Waals surface area contributed by atoms with Gasteiger partial charge in [0, 0.05) is 17.7 Å². The second-order valence-electron chi connectivity index (χ2n) is 4.38. The zero-order chi connectivity index (χ0) is 14.7. The summed E-state index contributed by atoms with van der Waals surface area (Å²) in [6.45, 7) is 1.96. The van der Waals surface area contributed by atoms with Crippen molar-refractivity contribution >= 4 is 5.97 Å². The predicted octanol–water partition coefficient (Wildman–Crippen LogP) is 3.11. The van der Waals surface area contributed by atoms with Gasteiger partial charge in [-0.05, 0) is 19.1 Å². The van der Waals surface area contributed by atoms with E-state index in [1.54, 1.807) is 6.92 Å². The van der Waals surface area contributed by atoms with E-state index >= 15 is 0 Å². The third-order valence-electron chi connectivity index (χ3n) is 2.91. The Bertz CT molecular complexity index is 625. The topological polar surface area (TPSA) is 62.5 Å². The first kappa shape index (κ1) is 14.2. The molecule has 106 valence electrons. The highest BCUT2D eigenvalue weighted by atomic mass is 19.1. The van der Waals surface area contributed by atoms with Crippen molar-refractivity contribution in [2.45, 2.75) is 19.5 Å². The zero-order valence-electron chi connectivity index (χ0n) is 10.7. The van der Waals surface area contributed by atoms with E-state index in [0.717, 1.165) is 12.3 Å². The molecule has 0 radical (unpaired) electrons. The molecular weight excluding hydrogens is 268 g/mol. The number of carboxylic acids is 1. The molecule has 1 aromatic heterocycles. The number of aromatic carboxylic acids is 1. The average molecular weight is 281 g/mol. The van der Waals surface area contributed by atoms with E-state index in [1.165, 1.54) is 18.2 Å². The highest BCUT2D eigenvalue weighted by Gasteiger charge is 2.13. The lowest BCUT2D eigenvalue weighted by Gasteiger charge is -2.14. The number of benzene rings is 1. The van der Waals surface area contributed by atoms with E-state index in [-0.39, 0.29) is 18.2 Å². The van der Waals surface area contributed by atoms with Crippen LogP contribution >= 0.6 is 0 Å². The van der Waals surface area contributed by atoms with Gasteiger partial charge in [0.15, 0.2) is 0 Å². The zero-order valence-corrected chi connectivity index (χ0v) is 10.7. The van der Waals surface area contributed by atoms with Gasteiger partial charge in [0.05, 0.1) is 12.1 Å². The normalized spacial score (nSPS) is 12.3. The Balaban J connectivity index is 2.00. The number of nitrogens with one attached hydrogen (secondary N) is 1. The van der Waals surface area contributed by atoms with Crippen LogP contribution in [0.1, 0.15) is 34.6 Å². The Kier molecular flexibility index (Phi) is 4.14. The fourth-order valence-electron chi connectivity index (χ4n) is 1.80. The molecule has 0 fully saturated rings. The second kappa shape index (κ2) is 5.83. The maximum Gasteiger partial charge on any atom is 0.338 e. The van der Waals surface area contributed by atoms with Gasteiger partial charge in [0.1, 0.15) is 23.7 Å². The molecule has 0 saturated heterocycles. The summed E-state index contributed by atoms with van der Waals surface area (Å²) in [7, 11) is 0. The number of hydrogen-bond donors (Lipinski definition) is 2. The van der Waals surface area contributed by atoms with Crippen molar-refractivity contribution in [3.8, 4) is 0 Å². The van der Waals surface area contributed by atoms with Crippen molar-refractivity contribution in [1.82, 2.24) is 5.32 Å². The molecule has 1 unspecified atom stereocenters. The first-order chi connectivity index (χ1) is 9.47. The molecule has 6 heteroatoms. The molecule has 1 heterocycles. The highest BCUT2D eigenvalue weighted by Crippen LogP contribution is 2.18. The summed E-state index contributed by atoms with van der Waals surface area (Å²) < 4.78 is 31.4. The third kappa shape index (κ3) is 3.21. The SMILES string of the molecule is CC(NCc1cc(C(=O)O)co1)c1ccc(F)cc1F. The molecule has 0 amide bonds. The van der Waals surface area contributed by atoms with Crippen molar-refractivity contribution < 1.29 is 23.1 Å². The number of halogens is 2. The molecule has 20 heavy (non-hydrogen) atoms. The minimum atomic E-state index is -1.07. The summed E-state index contributed by atoms with van der Waals surface area (Å²) >= 11 is 0. The van der Waals surface area contributed by atoms with Gasteiger partial charge in [-0.25, -0.2) is 13.6 Å². The molecule has 1 aromatic carbocycles. The highest BCUT2D eigenvalue weighted by molar-refractivity contribution is 5.87. The van der Waals surface area contributed by atoms with E-state index in [1.807, 2.05) is 0 Å². The lowest BCUT2D eigenvalue weighted by atomic mass is 10.1. The minimum absolute atomic E-state index is 0.0578. The van der Waals surface area contributed by atoms with Crippen LogP contribution in [0.25, 0.3) is 0 Å². The minimum Gasteiger partial charge on any atom is -0.478 e. The van der Waals surface area contributed by atoms with Gasteiger partial charge in [-0.2, -0.15) is 0 Å². The van der Waals surface area contributed by atoms with Crippen molar-refractivity contribution in [1.29, 1.82) is 0 Å². The molecule has 4 nitrogen and oxygen atoms in total. The summed E-state index contributed by atoms with van der Waals surface area (Å²) in [6.07, 6.45) is 1.14. The maximum atomic E-state index is 13.6. The first-order valence-corrected chi connectivity index (χ1v) is 5.96. The lowest BCUT2D eigenvalue weighted by Crippen LogP contribution is -2.19. The van der Waals surface area contributed by atoms with Crippen LogP contribution < -0.4 is 5.32 Å². The molecule has 0 aliphatic heterocycles. The van der Waals surface area contributed by atoms with Gasteiger partial charge in [-0.1, -0.05) is 6.07 Å².